The van der Waals surface area contributed by atoms with Crippen molar-refractivity contribution in [2.45, 2.75) is 6.04 Å². The van der Waals surface area contributed by atoms with E-state index in [1.165, 1.54) is 5.69 Å². The number of nitrogens with zero attached hydrogens (tertiary/aromatic N) is 2. The van der Waals surface area contributed by atoms with E-state index in [2.05, 4.69) is 69.4 Å². The molecule has 2 rings (SSSR count). The van der Waals surface area contributed by atoms with E-state index >= 15 is 0 Å². The molecule has 1 aliphatic rings. The van der Waals surface area contributed by atoms with Gasteiger partial charge in [-0.1, -0.05) is 15.9 Å². The van der Waals surface area contributed by atoms with Crippen molar-refractivity contribution < 1.29 is 0 Å². The van der Waals surface area contributed by atoms with Gasteiger partial charge in [-0.25, -0.2) is 0 Å². The third-order valence-electron chi connectivity index (χ3n) is 3.03. The van der Waals surface area contributed by atoms with Crippen LogP contribution in [-0.2, 0) is 0 Å². The molecule has 94 valence electrons. The number of likely N-dealkylation sites (N-methyl/N-ethyl adjacent to an activating group) is 1. The van der Waals surface area contributed by atoms with Crippen molar-refractivity contribution >= 4 is 21.6 Å². The van der Waals surface area contributed by atoms with E-state index in [4.69, 9.17) is 0 Å². The van der Waals surface area contributed by atoms with E-state index in [0.29, 0.717) is 6.04 Å². The molecule has 1 aromatic carbocycles. The van der Waals surface area contributed by atoms with Gasteiger partial charge in [-0.2, -0.15) is 0 Å². The Labute approximate surface area is 112 Å². The second-order valence-corrected chi connectivity index (χ2v) is 5.75. The molecular weight excluding hydrogens is 278 g/mol. The van der Waals surface area contributed by atoms with Crippen LogP contribution in [0.15, 0.2) is 28.7 Å². The number of halogens is 1. The summed E-state index contributed by atoms with van der Waals surface area (Å²) >= 11 is 3.48. The number of hydrogen-bond donors (Lipinski definition) is 1. The van der Waals surface area contributed by atoms with Gasteiger partial charge in [0, 0.05) is 42.4 Å². The van der Waals surface area contributed by atoms with Crippen LogP contribution in [0.3, 0.4) is 0 Å². The van der Waals surface area contributed by atoms with Crippen LogP contribution < -0.4 is 10.2 Å². The van der Waals surface area contributed by atoms with Crippen LogP contribution in [0.2, 0.25) is 0 Å². The Hall–Kier alpha value is -0.580. The lowest BCUT2D eigenvalue weighted by molar-refractivity contribution is 0.323. The van der Waals surface area contributed by atoms with Crippen molar-refractivity contribution in [3.05, 3.63) is 28.7 Å². The highest BCUT2D eigenvalue weighted by Gasteiger charge is 2.19. The van der Waals surface area contributed by atoms with Gasteiger partial charge in [0.25, 0.3) is 0 Å². The number of rotatable bonds is 3. The van der Waals surface area contributed by atoms with Crippen molar-refractivity contribution in [1.29, 1.82) is 0 Å². The highest BCUT2D eigenvalue weighted by atomic mass is 79.9. The topological polar surface area (TPSA) is 18.5 Å². The number of anilines is 1. The molecule has 1 heterocycles. The van der Waals surface area contributed by atoms with Crippen LogP contribution in [0.4, 0.5) is 5.69 Å². The first kappa shape index (κ1) is 12.9. The molecular formula is C13H20BrN3. The van der Waals surface area contributed by atoms with Gasteiger partial charge in [0.05, 0.1) is 0 Å². The second-order valence-electron chi connectivity index (χ2n) is 4.84. The fraction of sp³-hybridized carbons (Fsp3) is 0.538. The summed E-state index contributed by atoms with van der Waals surface area (Å²) in [5.74, 6) is 0. The van der Waals surface area contributed by atoms with Gasteiger partial charge in [-0.15, -0.1) is 0 Å². The van der Waals surface area contributed by atoms with E-state index in [1.807, 2.05) is 0 Å². The molecule has 1 fully saturated rings. The smallest absolute Gasteiger partial charge is 0.0371 e. The fourth-order valence-corrected chi connectivity index (χ4v) is 2.54. The van der Waals surface area contributed by atoms with Gasteiger partial charge in [0.1, 0.15) is 0 Å². The molecule has 1 unspecified atom stereocenters. The van der Waals surface area contributed by atoms with Crippen LogP contribution in [0, 0.1) is 0 Å². The summed E-state index contributed by atoms with van der Waals surface area (Å²) in [4.78, 5) is 4.69. The molecule has 0 bridgehead atoms. The Morgan fingerprint density at radius 3 is 2.71 bits per heavy atom. The van der Waals surface area contributed by atoms with Crippen molar-refractivity contribution in [3.8, 4) is 0 Å². The highest BCUT2D eigenvalue weighted by molar-refractivity contribution is 9.10. The summed E-state index contributed by atoms with van der Waals surface area (Å²) in [6, 6.07) is 9.14. The van der Waals surface area contributed by atoms with E-state index in [1.54, 1.807) is 0 Å². The molecule has 0 aromatic heterocycles. The normalized spacial score (nSPS) is 20.9. The standard InChI is InChI=1S/C13H20BrN3/c1-16(2)9-12-10-17(8-7-15-12)13-5-3-11(14)4-6-13/h3-6,12,15H,7-10H2,1-2H3. The summed E-state index contributed by atoms with van der Waals surface area (Å²) in [6.45, 7) is 4.33. The van der Waals surface area contributed by atoms with Crippen molar-refractivity contribution in [1.82, 2.24) is 10.2 Å². The van der Waals surface area contributed by atoms with Gasteiger partial charge in [0.2, 0.25) is 0 Å². The minimum atomic E-state index is 0.558. The predicted octanol–water partition coefficient (Wildman–Crippen LogP) is 1.79. The largest absolute Gasteiger partial charge is 0.369 e. The Kier molecular flexibility index (Phi) is 4.42. The predicted molar refractivity (Wildman–Crippen MR) is 76.7 cm³/mol. The monoisotopic (exact) mass is 297 g/mol. The van der Waals surface area contributed by atoms with E-state index < -0.39 is 0 Å². The molecule has 1 N–H and O–H groups in total. The van der Waals surface area contributed by atoms with Crippen molar-refractivity contribution in [2.75, 3.05) is 45.2 Å². The maximum Gasteiger partial charge on any atom is 0.0371 e. The molecule has 0 saturated carbocycles. The lowest BCUT2D eigenvalue weighted by atomic mass is 10.1. The minimum absolute atomic E-state index is 0.558. The van der Waals surface area contributed by atoms with Gasteiger partial charge < -0.3 is 15.1 Å². The first-order chi connectivity index (χ1) is 8.15. The molecule has 1 saturated heterocycles. The molecule has 1 aliphatic heterocycles. The lowest BCUT2D eigenvalue weighted by Crippen LogP contribution is -2.54. The Morgan fingerprint density at radius 1 is 1.35 bits per heavy atom. The fourth-order valence-electron chi connectivity index (χ4n) is 2.27. The summed E-state index contributed by atoms with van der Waals surface area (Å²) in [5.41, 5.74) is 1.32. The molecule has 0 aliphatic carbocycles. The molecule has 1 aromatic rings. The van der Waals surface area contributed by atoms with E-state index in [0.717, 1.165) is 30.7 Å². The van der Waals surface area contributed by atoms with Gasteiger partial charge in [-0.05, 0) is 38.4 Å². The van der Waals surface area contributed by atoms with Gasteiger partial charge in [-0.3, -0.25) is 0 Å². The average Bonchev–Trinajstić information content (AvgIpc) is 2.29. The lowest BCUT2D eigenvalue weighted by Gasteiger charge is -2.36. The second kappa shape index (κ2) is 5.85. The van der Waals surface area contributed by atoms with Crippen LogP contribution >= 0.6 is 15.9 Å². The maximum absolute atomic E-state index is 3.57. The SMILES string of the molecule is CN(C)CC1CN(c2ccc(Br)cc2)CCN1. The average molecular weight is 298 g/mol. The van der Waals surface area contributed by atoms with Crippen molar-refractivity contribution in [3.63, 3.8) is 0 Å². The third-order valence-corrected chi connectivity index (χ3v) is 3.56. The van der Waals surface area contributed by atoms with Crippen LogP contribution in [-0.4, -0.2) is 51.2 Å². The van der Waals surface area contributed by atoms with Gasteiger partial charge >= 0.3 is 0 Å². The van der Waals surface area contributed by atoms with Crippen LogP contribution in [0.25, 0.3) is 0 Å². The number of piperazine rings is 1. The first-order valence-corrected chi connectivity index (χ1v) is 6.83. The Morgan fingerprint density at radius 2 is 2.06 bits per heavy atom. The molecule has 0 amide bonds. The number of nitrogens with one attached hydrogen (secondary N) is 1. The zero-order valence-corrected chi connectivity index (χ0v) is 12.1. The van der Waals surface area contributed by atoms with E-state index in [-0.39, 0.29) is 0 Å². The van der Waals surface area contributed by atoms with Gasteiger partial charge in [0.15, 0.2) is 0 Å². The Balaban J connectivity index is 1.99. The highest BCUT2D eigenvalue weighted by Crippen LogP contribution is 2.19. The number of hydrogen-bond acceptors (Lipinski definition) is 3. The van der Waals surface area contributed by atoms with Crippen LogP contribution in [0.1, 0.15) is 0 Å². The molecule has 0 spiro atoms. The first-order valence-electron chi connectivity index (χ1n) is 6.04. The molecule has 4 heteroatoms. The van der Waals surface area contributed by atoms with Crippen LogP contribution in [0.5, 0.6) is 0 Å². The molecule has 1 atom stereocenters. The summed E-state index contributed by atoms with van der Waals surface area (Å²) in [5, 5.41) is 3.57. The molecule has 17 heavy (non-hydrogen) atoms. The maximum atomic E-state index is 3.57. The summed E-state index contributed by atoms with van der Waals surface area (Å²) in [6.07, 6.45) is 0. The minimum Gasteiger partial charge on any atom is -0.369 e. The zero-order chi connectivity index (χ0) is 12.3. The van der Waals surface area contributed by atoms with Crippen molar-refractivity contribution in [2.24, 2.45) is 0 Å². The molecule has 0 radical (unpaired) electrons. The summed E-state index contributed by atoms with van der Waals surface area (Å²) in [7, 11) is 4.25. The third kappa shape index (κ3) is 3.69. The summed E-state index contributed by atoms with van der Waals surface area (Å²) < 4.78 is 1.14. The molecule has 3 nitrogen and oxygen atoms in total. The zero-order valence-electron chi connectivity index (χ0n) is 10.5. The van der Waals surface area contributed by atoms with E-state index in [9.17, 15) is 0 Å². The quantitative estimate of drug-likeness (QED) is 0.918. The number of benzene rings is 1. The Bertz CT molecular complexity index is 350.